The van der Waals surface area contributed by atoms with Crippen LogP contribution in [0.5, 0.6) is 11.5 Å². The molecule has 162 valence electrons. The molecular formula is C26H30N2O3. The molecule has 3 N–H and O–H groups in total. The minimum atomic E-state index is -0.495. The highest BCUT2D eigenvalue weighted by Gasteiger charge is 2.26. The van der Waals surface area contributed by atoms with E-state index in [2.05, 4.69) is 10.5 Å². The molecule has 31 heavy (non-hydrogen) atoms. The number of amides is 1. The van der Waals surface area contributed by atoms with Crippen LogP contribution in [0, 0.1) is 0 Å². The fourth-order valence-electron chi connectivity index (χ4n) is 3.51. The lowest BCUT2D eigenvalue weighted by Gasteiger charge is -2.27. The highest BCUT2D eigenvalue weighted by Crippen LogP contribution is 2.39. The van der Waals surface area contributed by atoms with Crippen LogP contribution in [-0.4, -0.2) is 22.3 Å². The molecule has 5 nitrogen and oxygen atoms in total. The molecule has 3 aromatic carbocycles. The van der Waals surface area contributed by atoms with Crippen LogP contribution >= 0.6 is 0 Å². The number of phenols is 2. The Balaban J connectivity index is 1.90. The van der Waals surface area contributed by atoms with E-state index in [1.165, 1.54) is 0 Å². The normalized spacial score (nSPS) is 12.5. The summed E-state index contributed by atoms with van der Waals surface area (Å²) in [5.74, 6) is -0.297. The van der Waals surface area contributed by atoms with Gasteiger partial charge < -0.3 is 10.2 Å². The number of rotatable bonds is 3. The molecule has 0 aliphatic heterocycles. The Morgan fingerprint density at radius 1 is 0.871 bits per heavy atom. The Labute approximate surface area is 183 Å². The molecule has 0 aliphatic rings. The summed E-state index contributed by atoms with van der Waals surface area (Å²) in [6.07, 6.45) is 1.56. The maximum Gasteiger partial charge on any atom is 0.275 e. The summed E-state index contributed by atoms with van der Waals surface area (Å²) in [6, 6.07) is 14.5. The number of benzene rings is 3. The van der Waals surface area contributed by atoms with Crippen LogP contribution in [0.25, 0.3) is 10.8 Å². The van der Waals surface area contributed by atoms with Crippen LogP contribution in [0.4, 0.5) is 0 Å². The fourth-order valence-corrected chi connectivity index (χ4v) is 3.51. The van der Waals surface area contributed by atoms with Gasteiger partial charge in [-0.1, -0.05) is 65.8 Å². The van der Waals surface area contributed by atoms with Gasteiger partial charge in [-0.2, -0.15) is 5.10 Å². The standard InChI is InChI=1S/C26H30N2O3/c1-25(2,3)20-11-16(12-21(23(20)30)26(4,5)6)15-27-28-24(31)19-13-17-9-7-8-10-18(17)14-22(19)29/h7-15,29-30H,1-6H3,(H,28,31)/b27-15-. The van der Waals surface area contributed by atoms with Gasteiger partial charge in [0.2, 0.25) is 0 Å². The Bertz CT molecular complexity index is 1130. The van der Waals surface area contributed by atoms with Gasteiger partial charge in [-0.25, -0.2) is 5.43 Å². The van der Waals surface area contributed by atoms with Gasteiger partial charge in [-0.05, 0) is 51.4 Å². The second kappa shape index (κ2) is 8.06. The van der Waals surface area contributed by atoms with Crippen molar-refractivity contribution in [2.24, 2.45) is 5.10 Å². The first-order valence-electron chi connectivity index (χ1n) is 10.3. The first-order valence-corrected chi connectivity index (χ1v) is 10.3. The SMILES string of the molecule is CC(C)(C)c1cc(/C=N\NC(=O)c2cc3ccccc3cc2O)cc(C(C)(C)C)c1O. The van der Waals surface area contributed by atoms with E-state index in [1.807, 2.05) is 77.9 Å². The van der Waals surface area contributed by atoms with E-state index in [0.717, 1.165) is 27.5 Å². The number of hydrogen-bond acceptors (Lipinski definition) is 4. The molecule has 0 saturated carbocycles. The average Bonchev–Trinajstić information content (AvgIpc) is 2.66. The van der Waals surface area contributed by atoms with E-state index in [0.29, 0.717) is 5.75 Å². The van der Waals surface area contributed by atoms with Crippen LogP contribution in [0.3, 0.4) is 0 Å². The lowest BCUT2D eigenvalue weighted by Crippen LogP contribution is -2.19. The molecule has 0 radical (unpaired) electrons. The summed E-state index contributed by atoms with van der Waals surface area (Å²) in [4.78, 5) is 12.6. The van der Waals surface area contributed by atoms with Crippen molar-refractivity contribution < 1.29 is 15.0 Å². The summed E-state index contributed by atoms with van der Waals surface area (Å²) in [6.45, 7) is 12.2. The third-order valence-corrected chi connectivity index (χ3v) is 5.24. The third-order valence-electron chi connectivity index (χ3n) is 5.24. The van der Waals surface area contributed by atoms with Gasteiger partial charge in [0.25, 0.3) is 5.91 Å². The van der Waals surface area contributed by atoms with Crippen LogP contribution in [-0.2, 0) is 10.8 Å². The number of hydrazone groups is 1. The molecule has 0 unspecified atom stereocenters. The molecule has 0 atom stereocenters. The number of phenolic OH excluding ortho intramolecular Hbond substituents is 2. The van der Waals surface area contributed by atoms with Crippen LogP contribution in [0.1, 0.15) is 68.6 Å². The summed E-state index contributed by atoms with van der Waals surface area (Å²) < 4.78 is 0. The van der Waals surface area contributed by atoms with Crippen molar-refractivity contribution in [3.63, 3.8) is 0 Å². The van der Waals surface area contributed by atoms with E-state index < -0.39 is 5.91 Å². The van der Waals surface area contributed by atoms with E-state index >= 15 is 0 Å². The van der Waals surface area contributed by atoms with Crippen molar-refractivity contribution in [2.75, 3.05) is 0 Å². The fraction of sp³-hybridized carbons (Fsp3) is 0.308. The summed E-state index contributed by atoms with van der Waals surface area (Å²) >= 11 is 0. The number of hydrogen-bond donors (Lipinski definition) is 3. The van der Waals surface area contributed by atoms with Crippen LogP contribution < -0.4 is 5.43 Å². The van der Waals surface area contributed by atoms with E-state index in [-0.39, 0.29) is 22.1 Å². The second-order valence-corrected chi connectivity index (χ2v) is 9.88. The molecule has 0 fully saturated rings. The Morgan fingerprint density at radius 3 is 1.90 bits per heavy atom. The lowest BCUT2D eigenvalue weighted by atomic mass is 9.78. The number of carbonyl (C=O) groups is 1. The van der Waals surface area contributed by atoms with Crippen molar-refractivity contribution in [3.05, 3.63) is 70.8 Å². The highest BCUT2D eigenvalue weighted by molar-refractivity contribution is 6.01. The summed E-state index contributed by atoms with van der Waals surface area (Å²) in [7, 11) is 0. The van der Waals surface area contributed by atoms with E-state index in [9.17, 15) is 15.0 Å². The van der Waals surface area contributed by atoms with Crippen molar-refractivity contribution in [2.45, 2.75) is 52.4 Å². The summed E-state index contributed by atoms with van der Waals surface area (Å²) in [5.41, 5.74) is 4.55. The molecule has 0 heterocycles. The zero-order valence-corrected chi connectivity index (χ0v) is 18.9. The smallest absolute Gasteiger partial charge is 0.275 e. The minimum absolute atomic E-state index is 0.0962. The predicted molar refractivity (Wildman–Crippen MR) is 126 cm³/mol. The Hall–Kier alpha value is -3.34. The van der Waals surface area contributed by atoms with E-state index in [1.54, 1.807) is 18.3 Å². The highest BCUT2D eigenvalue weighted by atomic mass is 16.3. The van der Waals surface area contributed by atoms with Gasteiger partial charge in [-0.3, -0.25) is 4.79 Å². The quantitative estimate of drug-likeness (QED) is 0.382. The molecule has 0 aliphatic carbocycles. The number of carbonyl (C=O) groups excluding carboxylic acids is 1. The second-order valence-electron chi connectivity index (χ2n) is 9.88. The predicted octanol–water partition coefficient (Wildman–Crippen LogP) is 5.61. The first kappa shape index (κ1) is 22.3. The van der Waals surface area contributed by atoms with Gasteiger partial charge in [0.05, 0.1) is 11.8 Å². The molecule has 0 bridgehead atoms. The van der Waals surface area contributed by atoms with Gasteiger partial charge in [-0.15, -0.1) is 0 Å². The monoisotopic (exact) mass is 418 g/mol. The molecule has 3 aromatic rings. The maximum absolute atomic E-state index is 12.6. The molecule has 0 aromatic heterocycles. The molecule has 1 amide bonds. The average molecular weight is 419 g/mol. The van der Waals surface area contributed by atoms with Gasteiger partial charge in [0, 0.05) is 11.1 Å². The lowest BCUT2D eigenvalue weighted by molar-refractivity contribution is 0.0952. The topological polar surface area (TPSA) is 81.9 Å². The van der Waals surface area contributed by atoms with Gasteiger partial charge in [0.1, 0.15) is 11.5 Å². The van der Waals surface area contributed by atoms with Crippen molar-refractivity contribution in [1.82, 2.24) is 5.43 Å². The van der Waals surface area contributed by atoms with Crippen molar-refractivity contribution in [1.29, 1.82) is 0 Å². The molecule has 0 spiro atoms. The molecule has 0 saturated heterocycles. The summed E-state index contributed by atoms with van der Waals surface area (Å²) in [5, 5.41) is 26.9. The zero-order valence-electron chi connectivity index (χ0n) is 18.9. The van der Waals surface area contributed by atoms with Crippen LogP contribution in [0.15, 0.2) is 53.6 Å². The zero-order chi connectivity index (χ0) is 23.0. The number of nitrogens with zero attached hydrogens (tertiary/aromatic N) is 1. The number of nitrogens with one attached hydrogen (secondary N) is 1. The van der Waals surface area contributed by atoms with Gasteiger partial charge >= 0.3 is 0 Å². The minimum Gasteiger partial charge on any atom is -0.507 e. The molecule has 5 heteroatoms. The van der Waals surface area contributed by atoms with E-state index in [4.69, 9.17) is 0 Å². The third kappa shape index (κ3) is 4.88. The van der Waals surface area contributed by atoms with Gasteiger partial charge in [0.15, 0.2) is 0 Å². The first-order chi connectivity index (χ1) is 14.4. The van der Waals surface area contributed by atoms with Crippen molar-refractivity contribution >= 4 is 22.9 Å². The van der Waals surface area contributed by atoms with Crippen LogP contribution in [0.2, 0.25) is 0 Å². The molecule has 3 rings (SSSR count). The largest absolute Gasteiger partial charge is 0.507 e. The number of aromatic hydroxyl groups is 2. The Morgan fingerprint density at radius 2 is 1.39 bits per heavy atom. The van der Waals surface area contributed by atoms with Crippen molar-refractivity contribution in [3.8, 4) is 11.5 Å². The molecular weight excluding hydrogens is 388 g/mol. The Kier molecular flexibility index (Phi) is 5.81. The maximum atomic E-state index is 12.6. The number of fused-ring (bicyclic) bond motifs is 1.